The zero-order valence-corrected chi connectivity index (χ0v) is 15.2. The molecule has 1 saturated carbocycles. The number of hydrogen-bond acceptors (Lipinski definition) is 3. The predicted octanol–water partition coefficient (Wildman–Crippen LogP) is 2.96. The van der Waals surface area contributed by atoms with E-state index >= 15 is 0 Å². The van der Waals surface area contributed by atoms with Crippen LogP contribution >= 0.6 is 0 Å². The second-order valence-electron chi connectivity index (χ2n) is 6.43. The summed E-state index contributed by atoms with van der Waals surface area (Å²) in [6.45, 7) is 1.95. The summed E-state index contributed by atoms with van der Waals surface area (Å²) in [5, 5.41) is 0. The highest BCUT2D eigenvalue weighted by atomic mass is 32.2. The van der Waals surface area contributed by atoms with Crippen molar-refractivity contribution in [3.63, 3.8) is 0 Å². The smallest absolute Gasteiger partial charge is 0.254 e. The SMILES string of the molecule is C[C@@H](c1ccccc1)N(C)C(=O)c1cccc(S(=O)(=O)NC2CC2)c1. The fraction of sp³-hybridized carbons (Fsp3) is 0.316. The normalized spacial score (nSPS) is 15.6. The van der Waals surface area contributed by atoms with Gasteiger partial charge in [0, 0.05) is 18.7 Å². The van der Waals surface area contributed by atoms with Gasteiger partial charge in [0.25, 0.3) is 5.91 Å². The number of hydrogen-bond donors (Lipinski definition) is 1. The number of benzene rings is 2. The molecule has 3 rings (SSSR count). The Kier molecular flexibility index (Phi) is 4.92. The van der Waals surface area contributed by atoms with Gasteiger partial charge in [-0.2, -0.15) is 0 Å². The van der Waals surface area contributed by atoms with Gasteiger partial charge in [-0.05, 0) is 43.5 Å². The summed E-state index contributed by atoms with van der Waals surface area (Å²) in [4.78, 5) is 14.5. The van der Waals surface area contributed by atoms with Gasteiger partial charge in [-0.25, -0.2) is 13.1 Å². The van der Waals surface area contributed by atoms with Gasteiger partial charge in [0.15, 0.2) is 0 Å². The molecule has 1 N–H and O–H groups in total. The van der Waals surface area contributed by atoms with Gasteiger partial charge in [0.2, 0.25) is 10.0 Å². The first kappa shape index (κ1) is 17.6. The van der Waals surface area contributed by atoms with E-state index < -0.39 is 10.0 Å². The van der Waals surface area contributed by atoms with Crippen LogP contribution in [-0.4, -0.2) is 32.3 Å². The molecule has 1 amide bonds. The Morgan fingerprint density at radius 2 is 1.80 bits per heavy atom. The molecule has 6 heteroatoms. The Balaban J connectivity index is 1.81. The summed E-state index contributed by atoms with van der Waals surface area (Å²) in [6, 6.07) is 15.9. The lowest BCUT2D eigenvalue weighted by atomic mass is 10.1. The minimum atomic E-state index is -3.57. The third kappa shape index (κ3) is 4.08. The molecule has 5 nitrogen and oxygen atoms in total. The van der Waals surface area contributed by atoms with E-state index in [4.69, 9.17) is 0 Å². The maximum Gasteiger partial charge on any atom is 0.254 e. The molecule has 0 heterocycles. The van der Waals surface area contributed by atoms with Crippen LogP contribution in [0.5, 0.6) is 0 Å². The third-order valence-electron chi connectivity index (χ3n) is 4.47. The first-order valence-corrected chi connectivity index (χ1v) is 9.81. The summed E-state index contributed by atoms with van der Waals surface area (Å²) >= 11 is 0. The molecule has 0 bridgehead atoms. The highest BCUT2D eigenvalue weighted by Gasteiger charge is 2.28. The summed E-state index contributed by atoms with van der Waals surface area (Å²) in [7, 11) is -1.85. The number of nitrogens with zero attached hydrogens (tertiary/aromatic N) is 1. The molecule has 132 valence electrons. The van der Waals surface area contributed by atoms with Crippen LogP contribution < -0.4 is 4.72 Å². The van der Waals surface area contributed by atoms with E-state index in [9.17, 15) is 13.2 Å². The van der Waals surface area contributed by atoms with Crippen LogP contribution in [0.4, 0.5) is 0 Å². The van der Waals surface area contributed by atoms with E-state index in [0.29, 0.717) is 5.56 Å². The number of nitrogens with one attached hydrogen (secondary N) is 1. The number of rotatable bonds is 6. The second kappa shape index (κ2) is 6.98. The minimum absolute atomic E-state index is 0.0325. The number of carbonyl (C=O) groups excluding carboxylic acids is 1. The molecule has 1 fully saturated rings. The molecule has 0 aromatic heterocycles. The van der Waals surface area contributed by atoms with Crippen LogP contribution in [0.3, 0.4) is 0 Å². The molecule has 0 aliphatic heterocycles. The van der Waals surface area contributed by atoms with Crippen LogP contribution in [0.2, 0.25) is 0 Å². The van der Waals surface area contributed by atoms with Crippen molar-refractivity contribution in [1.82, 2.24) is 9.62 Å². The molecular formula is C19H22N2O3S. The summed E-state index contributed by atoms with van der Waals surface area (Å²) < 4.78 is 27.3. The molecule has 1 aliphatic rings. The minimum Gasteiger partial charge on any atom is -0.335 e. The van der Waals surface area contributed by atoms with Crippen LogP contribution in [0.15, 0.2) is 59.5 Å². The van der Waals surface area contributed by atoms with Crippen LogP contribution in [0.1, 0.15) is 41.7 Å². The highest BCUT2D eigenvalue weighted by Crippen LogP contribution is 2.24. The van der Waals surface area contributed by atoms with E-state index in [-0.39, 0.29) is 22.9 Å². The molecule has 25 heavy (non-hydrogen) atoms. The van der Waals surface area contributed by atoms with Gasteiger partial charge < -0.3 is 4.90 Å². The average molecular weight is 358 g/mol. The zero-order valence-electron chi connectivity index (χ0n) is 14.3. The van der Waals surface area contributed by atoms with Crippen molar-refractivity contribution in [2.45, 2.75) is 36.7 Å². The fourth-order valence-corrected chi connectivity index (χ4v) is 3.97. The molecule has 0 radical (unpaired) electrons. The van der Waals surface area contributed by atoms with E-state index in [1.165, 1.54) is 12.1 Å². The first-order chi connectivity index (χ1) is 11.9. The molecule has 0 saturated heterocycles. The largest absolute Gasteiger partial charge is 0.335 e. The average Bonchev–Trinajstić information content (AvgIpc) is 3.44. The number of amides is 1. The Morgan fingerprint density at radius 1 is 1.12 bits per heavy atom. The van der Waals surface area contributed by atoms with Crippen molar-refractivity contribution >= 4 is 15.9 Å². The van der Waals surface area contributed by atoms with Crippen molar-refractivity contribution in [2.75, 3.05) is 7.05 Å². The number of carbonyl (C=O) groups is 1. The van der Waals surface area contributed by atoms with Crippen molar-refractivity contribution in [2.24, 2.45) is 0 Å². The zero-order chi connectivity index (χ0) is 18.0. The van der Waals surface area contributed by atoms with Crippen molar-refractivity contribution in [1.29, 1.82) is 0 Å². The van der Waals surface area contributed by atoms with Gasteiger partial charge >= 0.3 is 0 Å². The van der Waals surface area contributed by atoms with Crippen molar-refractivity contribution < 1.29 is 13.2 Å². The van der Waals surface area contributed by atoms with Gasteiger partial charge in [-0.1, -0.05) is 36.4 Å². The topological polar surface area (TPSA) is 66.5 Å². The third-order valence-corrected chi connectivity index (χ3v) is 5.99. The maximum absolute atomic E-state index is 12.8. The lowest BCUT2D eigenvalue weighted by molar-refractivity contribution is 0.0742. The van der Waals surface area contributed by atoms with Crippen molar-refractivity contribution in [3.05, 3.63) is 65.7 Å². The van der Waals surface area contributed by atoms with E-state index in [2.05, 4.69) is 4.72 Å². The summed E-state index contributed by atoms with van der Waals surface area (Å²) in [5.74, 6) is -0.208. The van der Waals surface area contributed by atoms with E-state index in [0.717, 1.165) is 18.4 Å². The molecule has 1 aliphatic carbocycles. The predicted molar refractivity (Wildman–Crippen MR) is 96.7 cm³/mol. The molecule has 2 aromatic carbocycles. The van der Waals surface area contributed by atoms with Crippen LogP contribution in [-0.2, 0) is 10.0 Å². The van der Waals surface area contributed by atoms with Gasteiger partial charge in [-0.15, -0.1) is 0 Å². The van der Waals surface area contributed by atoms with Crippen LogP contribution in [0.25, 0.3) is 0 Å². The van der Waals surface area contributed by atoms with Gasteiger partial charge in [0.1, 0.15) is 0 Å². The summed E-state index contributed by atoms with van der Waals surface area (Å²) in [6.07, 6.45) is 1.74. The summed E-state index contributed by atoms with van der Waals surface area (Å²) in [5.41, 5.74) is 1.39. The lowest BCUT2D eigenvalue weighted by Gasteiger charge is -2.25. The Labute approximate surface area is 148 Å². The first-order valence-electron chi connectivity index (χ1n) is 8.33. The van der Waals surface area contributed by atoms with Crippen molar-refractivity contribution in [3.8, 4) is 0 Å². The molecule has 2 aromatic rings. The Hall–Kier alpha value is -2.18. The van der Waals surface area contributed by atoms with E-state index in [1.54, 1.807) is 24.1 Å². The van der Waals surface area contributed by atoms with Crippen LogP contribution in [0, 0.1) is 0 Å². The standard InChI is InChI=1S/C19H22N2O3S/c1-14(15-7-4-3-5-8-15)21(2)19(22)16-9-6-10-18(13-16)25(23,24)20-17-11-12-17/h3-10,13-14,17,20H,11-12H2,1-2H3/t14-/m0/s1. The molecule has 0 spiro atoms. The quantitative estimate of drug-likeness (QED) is 0.863. The van der Waals surface area contributed by atoms with E-state index in [1.807, 2.05) is 37.3 Å². The number of sulfonamides is 1. The Morgan fingerprint density at radius 3 is 2.44 bits per heavy atom. The van der Waals surface area contributed by atoms with Gasteiger partial charge in [0.05, 0.1) is 10.9 Å². The Bertz CT molecular complexity index is 861. The lowest BCUT2D eigenvalue weighted by Crippen LogP contribution is -2.30. The highest BCUT2D eigenvalue weighted by molar-refractivity contribution is 7.89. The molecule has 1 atom stereocenters. The monoisotopic (exact) mass is 358 g/mol. The second-order valence-corrected chi connectivity index (χ2v) is 8.14. The molecular weight excluding hydrogens is 336 g/mol. The van der Waals surface area contributed by atoms with Gasteiger partial charge in [-0.3, -0.25) is 4.79 Å². The molecule has 0 unspecified atom stereocenters. The fourth-order valence-electron chi connectivity index (χ4n) is 2.62. The maximum atomic E-state index is 12.8.